The minimum absolute atomic E-state index is 0.0891. The van der Waals surface area contributed by atoms with Crippen LogP contribution in [0.4, 0.5) is 5.69 Å². The summed E-state index contributed by atoms with van der Waals surface area (Å²) in [5, 5.41) is 8.57. The first kappa shape index (κ1) is 14.7. The van der Waals surface area contributed by atoms with Gasteiger partial charge in [-0.3, -0.25) is 9.59 Å². The summed E-state index contributed by atoms with van der Waals surface area (Å²) in [7, 11) is 0. The van der Waals surface area contributed by atoms with E-state index in [0.29, 0.717) is 37.5 Å². The normalized spacial score (nSPS) is 19.7. The predicted octanol–water partition coefficient (Wildman–Crippen LogP) is 1.46. The molecule has 2 aliphatic rings. The molecule has 0 radical (unpaired) electrons. The number of nitrogens with zero attached hydrogens (tertiary/aromatic N) is 2. The second kappa shape index (κ2) is 6.70. The quantitative estimate of drug-likeness (QED) is 0.919. The molecule has 1 saturated heterocycles. The van der Waals surface area contributed by atoms with E-state index in [4.69, 9.17) is 4.74 Å². The smallest absolute Gasteiger partial charge is 0.267 e. The molecule has 116 valence electrons. The molecular formula is C16H19N3O3. The van der Waals surface area contributed by atoms with Crippen molar-refractivity contribution in [1.29, 1.82) is 0 Å². The highest BCUT2D eigenvalue weighted by Gasteiger charge is 2.27. The Morgan fingerprint density at radius 1 is 1.18 bits per heavy atom. The van der Waals surface area contributed by atoms with Crippen molar-refractivity contribution in [2.75, 3.05) is 18.2 Å². The fourth-order valence-corrected chi connectivity index (χ4v) is 2.60. The van der Waals surface area contributed by atoms with Crippen LogP contribution in [0.15, 0.2) is 35.4 Å². The molecule has 3 rings (SSSR count). The largest absolute Gasteiger partial charge is 0.381 e. The number of nitrogens with one attached hydrogen (secondary N) is 1. The van der Waals surface area contributed by atoms with Crippen LogP contribution in [-0.2, 0) is 14.3 Å². The molecule has 0 bridgehead atoms. The number of hydrazone groups is 1. The van der Waals surface area contributed by atoms with Crippen molar-refractivity contribution in [3.05, 3.63) is 30.3 Å². The van der Waals surface area contributed by atoms with Crippen molar-refractivity contribution < 1.29 is 14.3 Å². The highest BCUT2D eigenvalue weighted by Crippen LogP contribution is 2.19. The van der Waals surface area contributed by atoms with Crippen LogP contribution < -0.4 is 10.3 Å². The Labute approximate surface area is 129 Å². The summed E-state index contributed by atoms with van der Waals surface area (Å²) in [6.07, 6.45) is 2.33. The number of anilines is 1. The first-order chi connectivity index (χ1) is 10.7. The van der Waals surface area contributed by atoms with Gasteiger partial charge in [0.15, 0.2) is 0 Å². The summed E-state index contributed by atoms with van der Waals surface area (Å²) in [4.78, 5) is 24.4. The number of ether oxygens (including phenoxy) is 1. The van der Waals surface area contributed by atoms with Gasteiger partial charge in [-0.25, -0.2) is 5.01 Å². The number of para-hydroxylation sites is 1. The van der Waals surface area contributed by atoms with Crippen LogP contribution in [0.2, 0.25) is 0 Å². The third kappa shape index (κ3) is 3.33. The van der Waals surface area contributed by atoms with E-state index in [1.807, 2.05) is 18.2 Å². The van der Waals surface area contributed by atoms with E-state index in [2.05, 4.69) is 10.4 Å². The molecule has 22 heavy (non-hydrogen) atoms. The Morgan fingerprint density at radius 2 is 1.91 bits per heavy atom. The van der Waals surface area contributed by atoms with Crippen LogP contribution >= 0.6 is 0 Å². The van der Waals surface area contributed by atoms with Crippen molar-refractivity contribution in [3.63, 3.8) is 0 Å². The molecule has 2 amide bonds. The molecule has 0 aromatic heterocycles. The van der Waals surface area contributed by atoms with Crippen molar-refractivity contribution in [2.45, 2.75) is 31.7 Å². The van der Waals surface area contributed by atoms with Gasteiger partial charge in [-0.1, -0.05) is 18.2 Å². The molecule has 0 saturated carbocycles. The molecule has 2 aliphatic heterocycles. The van der Waals surface area contributed by atoms with Gasteiger partial charge in [-0.05, 0) is 25.0 Å². The van der Waals surface area contributed by atoms with Gasteiger partial charge in [0.2, 0.25) is 5.91 Å². The third-order valence-electron chi connectivity index (χ3n) is 3.85. The predicted molar refractivity (Wildman–Crippen MR) is 82.6 cm³/mol. The highest BCUT2D eigenvalue weighted by molar-refractivity contribution is 6.40. The standard InChI is InChI=1S/C16H19N3O3/c20-15-7-6-14(16(21)17-12-8-10-22-11-9-12)18-19(15)13-4-2-1-3-5-13/h1-5,12H,6-11H2,(H,17,21). The van der Waals surface area contributed by atoms with Crippen LogP contribution in [0.5, 0.6) is 0 Å². The minimum atomic E-state index is -0.180. The Bertz CT molecular complexity index is 580. The van der Waals surface area contributed by atoms with E-state index in [1.165, 1.54) is 5.01 Å². The number of rotatable bonds is 3. The van der Waals surface area contributed by atoms with Crippen LogP contribution in [-0.4, -0.2) is 36.8 Å². The Morgan fingerprint density at radius 3 is 2.64 bits per heavy atom. The van der Waals surface area contributed by atoms with Gasteiger partial charge in [0.1, 0.15) is 5.71 Å². The lowest BCUT2D eigenvalue weighted by Crippen LogP contribution is -2.44. The molecular weight excluding hydrogens is 282 g/mol. The van der Waals surface area contributed by atoms with Gasteiger partial charge >= 0.3 is 0 Å². The molecule has 1 aromatic rings. The van der Waals surface area contributed by atoms with Crippen LogP contribution in [0.1, 0.15) is 25.7 Å². The van der Waals surface area contributed by atoms with Crippen LogP contribution in [0.3, 0.4) is 0 Å². The van der Waals surface area contributed by atoms with Crippen LogP contribution in [0, 0.1) is 0 Å². The second-order valence-corrected chi connectivity index (χ2v) is 5.45. The first-order valence-corrected chi connectivity index (χ1v) is 7.58. The molecule has 6 heteroatoms. The first-order valence-electron chi connectivity index (χ1n) is 7.58. The number of hydrogen-bond acceptors (Lipinski definition) is 4. The van der Waals surface area contributed by atoms with E-state index in [1.54, 1.807) is 12.1 Å². The summed E-state index contributed by atoms with van der Waals surface area (Å²) in [5.74, 6) is -0.269. The molecule has 0 unspecified atom stereocenters. The Hall–Kier alpha value is -2.21. The Balaban J connectivity index is 1.72. The van der Waals surface area contributed by atoms with E-state index in [9.17, 15) is 9.59 Å². The summed E-state index contributed by atoms with van der Waals surface area (Å²) in [6.45, 7) is 1.35. The molecule has 1 fully saturated rings. The van der Waals surface area contributed by atoms with Crippen molar-refractivity contribution >= 4 is 23.2 Å². The minimum Gasteiger partial charge on any atom is -0.381 e. The zero-order valence-electron chi connectivity index (χ0n) is 12.3. The zero-order valence-corrected chi connectivity index (χ0v) is 12.3. The van der Waals surface area contributed by atoms with Gasteiger partial charge in [0.25, 0.3) is 5.91 Å². The van der Waals surface area contributed by atoms with Gasteiger partial charge in [0, 0.05) is 32.1 Å². The summed E-state index contributed by atoms with van der Waals surface area (Å²) in [6, 6.07) is 9.30. The van der Waals surface area contributed by atoms with E-state index in [-0.39, 0.29) is 17.9 Å². The average Bonchev–Trinajstić information content (AvgIpc) is 2.57. The fourth-order valence-electron chi connectivity index (χ4n) is 2.60. The molecule has 0 aliphatic carbocycles. The van der Waals surface area contributed by atoms with Crippen molar-refractivity contribution in [2.24, 2.45) is 5.10 Å². The molecule has 1 N–H and O–H groups in total. The number of amides is 2. The zero-order chi connectivity index (χ0) is 15.4. The summed E-state index contributed by atoms with van der Waals surface area (Å²) >= 11 is 0. The highest BCUT2D eigenvalue weighted by atomic mass is 16.5. The fraction of sp³-hybridized carbons (Fsp3) is 0.438. The van der Waals surface area contributed by atoms with Gasteiger partial charge in [-0.2, -0.15) is 5.10 Å². The van der Waals surface area contributed by atoms with Gasteiger partial charge < -0.3 is 10.1 Å². The second-order valence-electron chi connectivity index (χ2n) is 5.45. The van der Waals surface area contributed by atoms with Crippen LogP contribution in [0.25, 0.3) is 0 Å². The summed E-state index contributed by atoms with van der Waals surface area (Å²) in [5.41, 5.74) is 1.10. The molecule has 0 spiro atoms. The van der Waals surface area contributed by atoms with Crippen molar-refractivity contribution in [1.82, 2.24) is 5.32 Å². The average molecular weight is 301 g/mol. The van der Waals surface area contributed by atoms with E-state index >= 15 is 0 Å². The van der Waals surface area contributed by atoms with Crippen molar-refractivity contribution in [3.8, 4) is 0 Å². The lowest BCUT2D eigenvalue weighted by atomic mass is 10.1. The van der Waals surface area contributed by atoms with E-state index < -0.39 is 0 Å². The lowest BCUT2D eigenvalue weighted by Gasteiger charge is -2.26. The monoisotopic (exact) mass is 301 g/mol. The molecule has 1 aromatic carbocycles. The molecule has 6 nitrogen and oxygen atoms in total. The van der Waals surface area contributed by atoms with Gasteiger partial charge in [-0.15, -0.1) is 0 Å². The summed E-state index contributed by atoms with van der Waals surface area (Å²) < 4.78 is 5.28. The number of carbonyl (C=O) groups is 2. The topological polar surface area (TPSA) is 71.0 Å². The van der Waals surface area contributed by atoms with Gasteiger partial charge in [0.05, 0.1) is 5.69 Å². The molecule has 2 heterocycles. The third-order valence-corrected chi connectivity index (χ3v) is 3.85. The Kier molecular flexibility index (Phi) is 4.48. The maximum Gasteiger partial charge on any atom is 0.267 e. The molecule has 0 atom stereocenters. The maximum atomic E-state index is 12.3. The number of benzene rings is 1. The lowest BCUT2D eigenvalue weighted by molar-refractivity contribution is -0.119. The maximum absolute atomic E-state index is 12.3. The SMILES string of the molecule is O=C(NC1CCOCC1)C1=NN(c2ccccc2)C(=O)CC1. The van der Waals surface area contributed by atoms with E-state index in [0.717, 1.165) is 12.8 Å². The number of hydrogen-bond donors (Lipinski definition) is 1. The number of carbonyl (C=O) groups excluding carboxylic acids is 2.